The summed E-state index contributed by atoms with van der Waals surface area (Å²) in [4.78, 5) is 31.3. The van der Waals surface area contributed by atoms with Crippen LogP contribution in [0.4, 0.5) is 11.4 Å². The molecule has 0 aromatic heterocycles. The number of ether oxygens (including phenoxy) is 2. The Morgan fingerprint density at radius 1 is 0.881 bits per heavy atom. The lowest BCUT2D eigenvalue weighted by Gasteiger charge is -2.35. The minimum atomic E-state index is -0.279. The first-order valence-electron chi connectivity index (χ1n) is 15.1. The maximum atomic E-state index is 13.6. The second kappa shape index (κ2) is 14.8. The molecule has 2 fully saturated rings. The monoisotopic (exact) mass is 570 g/mol. The highest BCUT2D eigenvalue weighted by Gasteiger charge is 2.24. The number of hydrogen-bond donors (Lipinski definition) is 2. The molecule has 2 saturated heterocycles. The highest BCUT2D eigenvalue weighted by atomic mass is 16.5. The number of para-hydroxylation sites is 1. The summed E-state index contributed by atoms with van der Waals surface area (Å²) in [5, 5.41) is 6.10. The average Bonchev–Trinajstić information content (AvgIpc) is 3.04. The maximum Gasteiger partial charge on any atom is 0.259 e. The molecule has 222 valence electrons. The van der Waals surface area contributed by atoms with Gasteiger partial charge in [-0.3, -0.25) is 14.5 Å². The van der Waals surface area contributed by atoms with Crippen molar-refractivity contribution in [1.29, 1.82) is 0 Å². The Kier molecular flexibility index (Phi) is 10.5. The fraction of sp³-hybridized carbons (Fsp3) is 0.412. The zero-order chi connectivity index (χ0) is 29.1. The molecule has 8 heteroatoms. The number of nitrogens with zero attached hydrogens (tertiary/aromatic N) is 2. The zero-order valence-electron chi connectivity index (χ0n) is 24.5. The first-order valence-corrected chi connectivity index (χ1v) is 15.1. The largest absolute Gasteiger partial charge is 0.496 e. The van der Waals surface area contributed by atoms with E-state index in [1.54, 1.807) is 31.4 Å². The molecule has 0 bridgehead atoms. The van der Waals surface area contributed by atoms with Crippen molar-refractivity contribution < 1.29 is 19.1 Å². The molecule has 0 spiro atoms. The van der Waals surface area contributed by atoms with Gasteiger partial charge in [0.25, 0.3) is 11.8 Å². The van der Waals surface area contributed by atoms with Crippen molar-refractivity contribution in [2.75, 3.05) is 69.8 Å². The summed E-state index contributed by atoms with van der Waals surface area (Å²) in [6.07, 6.45) is 4.10. The van der Waals surface area contributed by atoms with Crippen molar-refractivity contribution in [3.05, 3.63) is 89.5 Å². The predicted molar refractivity (Wildman–Crippen MR) is 167 cm³/mol. The van der Waals surface area contributed by atoms with Crippen molar-refractivity contribution >= 4 is 23.2 Å². The Balaban J connectivity index is 1.27. The van der Waals surface area contributed by atoms with Gasteiger partial charge in [0, 0.05) is 44.1 Å². The summed E-state index contributed by atoms with van der Waals surface area (Å²) in [7, 11) is 1.55. The second-order valence-electron chi connectivity index (χ2n) is 11.1. The van der Waals surface area contributed by atoms with Crippen LogP contribution in [0.2, 0.25) is 0 Å². The van der Waals surface area contributed by atoms with Gasteiger partial charge in [-0.15, -0.1) is 0 Å². The van der Waals surface area contributed by atoms with Gasteiger partial charge in [-0.05, 0) is 74.0 Å². The van der Waals surface area contributed by atoms with Crippen LogP contribution >= 0.6 is 0 Å². The van der Waals surface area contributed by atoms with Crippen molar-refractivity contribution in [2.45, 2.75) is 25.7 Å². The topological polar surface area (TPSA) is 83.1 Å². The number of amides is 2. The molecule has 0 radical (unpaired) electrons. The zero-order valence-corrected chi connectivity index (χ0v) is 24.5. The van der Waals surface area contributed by atoms with E-state index >= 15 is 0 Å². The SMILES string of the molecule is COc1ccccc1C(=O)Nc1ccc(N2CCC(Cc3ccccc3)CC2)c(C(=O)NCCCN2CCOCC2)c1. The van der Waals surface area contributed by atoms with Crippen molar-refractivity contribution in [3.8, 4) is 5.75 Å². The van der Waals surface area contributed by atoms with Gasteiger partial charge in [-0.2, -0.15) is 0 Å². The summed E-state index contributed by atoms with van der Waals surface area (Å²) in [5.74, 6) is 0.731. The van der Waals surface area contributed by atoms with Gasteiger partial charge in [0.1, 0.15) is 5.75 Å². The van der Waals surface area contributed by atoms with Crippen LogP contribution in [0.1, 0.15) is 45.5 Å². The van der Waals surface area contributed by atoms with Crippen molar-refractivity contribution in [2.24, 2.45) is 5.92 Å². The number of piperidine rings is 1. The van der Waals surface area contributed by atoms with Crippen LogP contribution in [0, 0.1) is 5.92 Å². The van der Waals surface area contributed by atoms with Crippen LogP contribution < -0.4 is 20.3 Å². The molecule has 2 heterocycles. The summed E-state index contributed by atoms with van der Waals surface area (Å²) < 4.78 is 10.8. The van der Waals surface area contributed by atoms with Crippen LogP contribution in [-0.2, 0) is 11.2 Å². The Morgan fingerprint density at radius 2 is 1.62 bits per heavy atom. The summed E-state index contributed by atoms with van der Waals surface area (Å²) in [6, 6.07) is 23.4. The summed E-state index contributed by atoms with van der Waals surface area (Å²) in [5.41, 5.74) is 3.89. The number of nitrogens with one attached hydrogen (secondary N) is 2. The molecule has 0 aliphatic carbocycles. The standard InChI is InChI=1S/C34H42N4O4/c1-41-32-11-6-5-10-29(32)34(40)36-28-12-13-31(38-18-14-27(15-19-38)24-26-8-3-2-4-9-26)30(25-28)33(39)35-16-7-17-37-20-22-42-23-21-37/h2-6,8-13,25,27H,7,14-24H2,1H3,(H,35,39)(H,36,40). The van der Waals surface area contributed by atoms with Gasteiger partial charge in [0.05, 0.1) is 31.5 Å². The lowest BCUT2D eigenvalue weighted by atomic mass is 9.89. The molecule has 2 N–H and O–H groups in total. The quantitative estimate of drug-likeness (QED) is 0.321. The van der Waals surface area contributed by atoms with Crippen LogP contribution in [0.5, 0.6) is 5.75 Å². The van der Waals surface area contributed by atoms with Gasteiger partial charge < -0.3 is 25.0 Å². The Bertz CT molecular complexity index is 1320. The predicted octanol–water partition coefficient (Wildman–Crippen LogP) is 4.86. The van der Waals surface area contributed by atoms with Crippen molar-refractivity contribution in [3.63, 3.8) is 0 Å². The molecular weight excluding hydrogens is 528 g/mol. The first-order chi connectivity index (χ1) is 20.6. The van der Waals surface area contributed by atoms with E-state index in [4.69, 9.17) is 9.47 Å². The number of morpholine rings is 1. The van der Waals surface area contributed by atoms with Gasteiger partial charge in [0.2, 0.25) is 0 Å². The van der Waals surface area contributed by atoms with E-state index in [-0.39, 0.29) is 11.8 Å². The third-order valence-corrected chi connectivity index (χ3v) is 8.21. The lowest BCUT2D eigenvalue weighted by Crippen LogP contribution is -2.38. The molecule has 2 aliphatic rings. The normalized spacial score (nSPS) is 16.2. The number of methoxy groups -OCH3 is 1. The van der Waals surface area contributed by atoms with E-state index in [0.717, 1.165) is 77.3 Å². The number of carbonyl (C=O) groups excluding carboxylic acids is 2. The Morgan fingerprint density at radius 3 is 2.38 bits per heavy atom. The number of hydrogen-bond acceptors (Lipinski definition) is 6. The highest BCUT2D eigenvalue weighted by molar-refractivity contribution is 6.07. The molecule has 3 aromatic carbocycles. The fourth-order valence-corrected chi connectivity index (χ4v) is 5.85. The third kappa shape index (κ3) is 7.89. The first kappa shape index (κ1) is 29.6. The Hall–Kier alpha value is -3.88. The minimum absolute atomic E-state index is 0.119. The maximum absolute atomic E-state index is 13.6. The van der Waals surface area contributed by atoms with Gasteiger partial charge in [-0.25, -0.2) is 0 Å². The molecule has 0 unspecified atom stereocenters. The van der Waals surface area contributed by atoms with Crippen LogP contribution in [-0.4, -0.2) is 76.3 Å². The lowest BCUT2D eigenvalue weighted by molar-refractivity contribution is 0.0374. The van der Waals surface area contributed by atoms with Gasteiger partial charge in [-0.1, -0.05) is 42.5 Å². The van der Waals surface area contributed by atoms with E-state index in [9.17, 15) is 9.59 Å². The molecule has 0 saturated carbocycles. The van der Waals surface area contributed by atoms with E-state index in [0.29, 0.717) is 35.0 Å². The van der Waals surface area contributed by atoms with E-state index < -0.39 is 0 Å². The molecule has 2 amide bonds. The molecule has 0 atom stereocenters. The molecular formula is C34H42N4O4. The fourth-order valence-electron chi connectivity index (χ4n) is 5.85. The Labute approximate surface area is 249 Å². The summed E-state index contributed by atoms with van der Waals surface area (Å²) in [6.45, 7) is 6.71. The number of anilines is 2. The second-order valence-corrected chi connectivity index (χ2v) is 11.1. The molecule has 3 aromatic rings. The van der Waals surface area contributed by atoms with Crippen LogP contribution in [0.25, 0.3) is 0 Å². The van der Waals surface area contributed by atoms with Gasteiger partial charge in [0.15, 0.2) is 0 Å². The highest BCUT2D eigenvalue weighted by Crippen LogP contribution is 2.30. The summed E-state index contributed by atoms with van der Waals surface area (Å²) >= 11 is 0. The van der Waals surface area contributed by atoms with Crippen LogP contribution in [0.3, 0.4) is 0 Å². The average molecular weight is 571 g/mol. The van der Waals surface area contributed by atoms with E-state index in [1.807, 2.05) is 18.2 Å². The molecule has 2 aliphatic heterocycles. The van der Waals surface area contributed by atoms with E-state index in [1.165, 1.54) is 5.56 Å². The number of rotatable bonds is 11. The van der Waals surface area contributed by atoms with Gasteiger partial charge >= 0.3 is 0 Å². The number of carbonyl (C=O) groups is 2. The van der Waals surface area contributed by atoms with Crippen molar-refractivity contribution in [1.82, 2.24) is 10.2 Å². The molecule has 5 rings (SSSR count). The molecule has 8 nitrogen and oxygen atoms in total. The smallest absolute Gasteiger partial charge is 0.259 e. The minimum Gasteiger partial charge on any atom is -0.496 e. The molecule has 42 heavy (non-hydrogen) atoms. The van der Waals surface area contributed by atoms with Crippen LogP contribution in [0.15, 0.2) is 72.8 Å². The number of benzene rings is 3. The van der Waals surface area contributed by atoms with E-state index in [2.05, 4.69) is 50.8 Å². The third-order valence-electron chi connectivity index (χ3n) is 8.21.